The maximum Gasteiger partial charge on any atom is 0.254 e. The van der Waals surface area contributed by atoms with Crippen molar-refractivity contribution in [1.29, 1.82) is 0 Å². The first kappa shape index (κ1) is 22.7. The van der Waals surface area contributed by atoms with Crippen molar-refractivity contribution in [2.24, 2.45) is 5.73 Å². The number of hydrogen-bond acceptors (Lipinski definition) is 6. The molecule has 1 amide bonds. The van der Waals surface area contributed by atoms with Crippen LogP contribution in [0, 0.1) is 11.6 Å². The Morgan fingerprint density at radius 1 is 1.20 bits per heavy atom. The average molecular weight is 479 g/mol. The molecule has 0 atom stereocenters. The number of rotatable bonds is 5. The molecule has 0 radical (unpaired) electrons. The molecule has 1 aliphatic rings. The van der Waals surface area contributed by atoms with Crippen molar-refractivity contribution in [2.45, 2.75) is 31.4 Å². The SMILES string of the molecule is COc1cc(-c2ccccc2F)nc2c(F)c(-c3nn(C4CC(C)(O)C4)c(N)c3C(N)=O)ccc12. The molecule has 0 unspecified atom stereocenters. The van der Waals surface area contributed by atoms with Crippen LogP contribution in [0.2, 0.25) is 0 Å². The van der Waals surface area contributed by atoms with Crippen molar-refractivity contribution in [3.8, 4) is 28.3 Å². The Labute approximate surface area is 199 Å². The fourth-order valence-electron chi connectivity index (χ4n) is 4.67. The maximum atomic E-state index is 16.0. The Hall–Kier alpha value is -4.05. The number of benzene rings is 2. The van der Waals surface area contributed by atoms with Gasteiger partial charge in [-0.2, -0.15) is 5.10 Å². The van der Waals surface area contributed by atoms with Gasteiger partial charge in [0.05, 0.1) is 24.4 Å². The van der Waals surface area contributed by atoms with Crippen LogP contribution in [-0.4, -0.2) is 38.5 Å². The van der Waals surface area contributed by atoms with Gasteiger partial charge in [0, 0.05) is 22.6 Å². The molecule has 1 fully saturated rings. The predicted octanol–water partition coefficient (Wildman–Crippen LogP) is 3.82. The van der Waals surface area contributed by atoms with Crippen LogP contribution in [0.5, 0.6) is 5.75 Å². The molecule has 0 bridgehead atoms. The number of nitrogens with zero attached hydrogens (tertiary/aromatic N) is 3. The quantitative estimate of drug-likeness (QED) is 0.399. The van der Waals surface area contributed by atoms with Gasteiger partial charge >= 0.3 is 0 Å². The first-order valence-electron chi connectivity index (χ1n) is 10.9. The molecule has 0 aliphatic heterocycles. The summed E-state index contributed by atoms with van der Waals surface area (Å²) in [6, 6.07) is 10.3. The number of nitrogens with two attached hydrogens (primary N) is 2. The zero-order valence-corrected chi connectivity index (χ0v) is 19.0. The zero-order chi connectivity index (χ0) is 25.1. The van der Waals surface area contributed by atoms with E-state index in [-0.39, 0.29) is 45.5 Å². The molecular formula is C25H23F2N5O3. The van der Waals surface area contributed by atoms with E-state index in [0.717, 1.165) is 0 Å². The molecule has 1 saturated carbocycles. The molecule has 0 spiro atoms. The van der Waals surface area contributed by atoms with E-state index in [9.17, 15) is 14.3 Å². The number of aliphatic hydroxyl groups is 1. The Kier molecular flexibility index (Phi) is 5.21. The molecule has 2 aromatic carbocycles. The molecule has 1 aliphatic carbocycles. The third-order valence-electron chi connectivity index (χ3n) is 6.40. The predicted molar refractivity (Wildman–Crippen MR) is 127 cm³/mol. The average Bonchev–Trinajstić information content (AvgIpc) is 3.14. The Morgan fingerprint density at radius 2 is 1.91 bits per heavy atom. The number of primary amides is 1. The number of fused-ring (bicyclic) bond motifs is 1. The van der Waals surface area contributed by atoms with Crippen molar-refractivity contribution < 1.29 is 23.4 Å². The van der Waals surface area contributed by atoms with Gasteiger partial charge < -0.3 is 21.3 Å². The normalized spacial score (nSPS) is 19.5. The summed E-state index contributed by atoms with van der Waals surface area (Å²) in [5, 5.41) is 14.9. The maximum absolute atomic E-state index is 16.0. The second kappa shape index (κ2) is 8.02. The molecule has 0 saturated heterocycles. The lowest BCUT2D eigenvalue weighted by molar-refractivity contribution is -0.0535. The van der Waals surface area contributed by atoms with Crippen molar-refractivity contribution in [3.63, 3.8) is 0 Å². The van der Waals surface area contributed by atoms with Gasteiger partial charge in [-0.1, -0.05) is 12.1 Å². The number of anilines is 1. The summed E-state index contributed by atoms with van der Waals surface area (Å²) in [5.41, 5.74) is 11.0. The molecule has 2 heterocycles. The largest absolute Gasteiger partial charge is 0.496 e. The minimum absolute atomic E-state index is 0.00172. The van der Waals surface area contributed by atoms with Gasteiger partial charge in [0.15, 0.2) is 5.82 Å². The van der Waals surface area contributed by atoms with Gasteiger partial charge in [0.25, 0.3) is 5.91 Å². The van der Waals surface area contributed by atoms with Crippen LogP contribution in [0.3, 0.4) is 0 Å². The number of halogens is 2. The molecule has 4 aromatic rings. The number of aromatic nitrogens is 3. The summed E-state index contributed by atoms with van der Waals surface area (Å²) < 4.78 is 37.2. The van der Waals surface area contributed by atoms with E-state index >= 15 is 4.39 Å². The topological polar surface area (TPSA) is 129 Å². The van der Waals surface area contributed by atoms with E-state index < -0.39 is 23.1 Å². The minimum atomic E-state index is -0.867. The number of pyridine rings is 1. The van der Waals surface area contributed by atoms with Crippen LogP contribution in [0.25, 0.3) is 33.4 Å². The lowest BCUT2D eigenvalue weighted by Gasteiger charge is -2.41. The van der Waals surface area contributed by atoms with Gasteiger partial charge in [-0.05, 0) is 44.0 Å². The van der Waals surface area contributed by atoms with Crippen LogP contribution in [0.15, 0.2) is 42.5 Å². The molecule has 5 N–H and O–H groups in total. The Morgan fingerprint density at radius 3 is 2.54 bits per heavy atom. The van der Waals surface area contributed by atoms with Crippen LogP contribution < -0.4 is 16.2 Å². The number of amides is 1. The highest BCUT2D eigenvalue weighted by Crippen LogP contribution is 2.44. The highest BCUT2D eigenvalue weighted by atomic mass is 19.1. The van der Waals surface area contributed by atoms with E-state index in [1.165, 1.54) is 36.1 Å². The van der Waals surface area contributed by atoms with E-state index in [1.807, 2.05) is 0 Å². The van der Waals surface area contributed by atoms with Crippen molar-refractivity contribution >= 4 is 22.6 Å². The standard InChI is InChI=1S/C25H23F2N5O3/c1-25(34)10-12(11-25)32-23(28)19(24(29)33)21(31-32)15-8-7-14-18(35-2)9-17(30-22(14)20(15)27)13-5-3-4-6-16(13)26/h3-9,12,34H,10-11,28H2,1-2H3,(H2,29,33). The van der Waals surface area contributed by atoms with Gasteiger partial charge in [-0.3, -0.25) is 4.79 Å². The minimum Gasteiger partial charge on any atom is -0.496 e. The first-order chi connectivity index (χ1) is 16.6. The smallest absolute Gasteiger partial charge is 0.254 e. The zero-order valence-electron chi connectivity index (χ0n) is 19.0. The molecule has 180 valence electrons. The van der Waals surface area contributed by atoms with Gasteiger partial charge in [0.1, 0.15) is 34.2 Å². The van der Waals surface area contributed by atoms with E-state index in [4.69, 9.17) is 16.2 Å². The van der Waals surface area contributed by atoms with E-state index in [1.54, 1.807) is 25.1 Å². The monoisotopic (exact) mass is 479 g/mol. The van der Waals surface area contributed by atoms with Crippen LogP contribution >= 0.6 is 0 Å². The summed E-state index contributed by atoms with van der Waals surface area (Å²) in [6.45, 7) is 1.69. The fraction of sp³-hybridized carbons (Fsp3) is 0.240. The third-order valence-corrected chi connectivity index (χ3v) is 6.40. The number of nitrogen functional groups attached to an aromatic ring is 1. The number of carbonyl (C=O) groups is 1. The van der Waals surface area contributed by atoms with Crippen LogP contribution in [-0.2, 0) is 0 Å². The fourth-order valence-corrected chi connectivity index (χ4v) is 4.67. The van der Waals surface area contributed by atoms with Gasteiger partial charge in [0.2, 0.25) is 0 Å². The van der Waals surface area contributed by atoms with Crippen LogP contribution in [0.1, 0.15) is 36.2 Å². The van der Waals surface area contributed by atoms with Crippen molar-refractivity contribution in [1.82, 2.24) is 14.8 Å². The summed E-state index contributed by atoms with van der Waals surface area (Å²) in [5.74, 6) is -1.86. The first-order valence-corrected chi connectivity index (χ1v) is 10.9. The summed E-state index contributed by atoms with van der Waals surface area (Å²) >= 11 is 0. The molecule has 10 heteroatoms. The lowest BCUT2D eigenvalue weighted by atomic mass is 9.77. The second-order valence-corrected chi connectivity index (χ2v) is 8.99. The van der Waals surface area contributed by atoms with Gasteiger partial charge in [-0.25, -0.2) is 18.4 Å². The highest BCUT2D eigenvalue weighted by molar-refractivity contribution is 6.04. The van der Waals surface area contributed by atoms with Crippen molar-refractivity contribution in [3.05, 3.63) is 59.7 Å². The van der Waals surface area contributed by atoms with E-state index in [0.29, 0.717) is 24.0 Å². The molecule has 8 nitrogen and oxygen atoms in total. The van der Waals surface area contributed by atoms with E-state index in [2.05, 4.69) is 10.1 Å². The third kappa shape index (κ3) is 3.66. The highest BCUT2D eigenvalue weighted by Gasteiger charge is 2.42. The number of hydrogen-bond donors (Lipinski definition) is 3. The summed E-state index contributed by atoms with van der Waals surface area (Å²) in [7, 11) is 1.42. The molecule has 2 aromatic heterocycles. The number of carbonyl (C=O) groups excluding carboxylic acids is 1. The Balaban J connectivity index is 1.72. The van der Waals surface area contributed by atoms with Crippen molar-refractivity contribution in [2.75, 3.05) is 12.8 Å². The molecule has 5 rings (SSSR count). The Bertz CT molecular complexity index is 1490. The molecule has 35 heavy (non-hydrogen) atoms. The summed E-state index contributed by atoms with van der Waals surface area (Å²) in [4.78, 5) is 16.7. The number of methoxy groups -OCH3 is 1. The van der Waals surface area contributed by atoms with Crippen LogP contribution in [0.4, 0.5) is 14.6 Å². The second-order valence-electron chi connectivity index (χ2n) is 8.99. The lowest BCUT2D eigenvalue weighted by Crippen LogP contribution is -2.42. The van der Waals surface area contributed by atoms with Gasteiger partial charge in [-0.15, -0.1) is 0 Å². The summed E-state index contributed by atoms with van der Waals surface area (Å²) in [6.07, 6.45) is 0.753. The molecular weight excluding hydrogens is 456 g/mol. The number of ether oxygens (including phenoxy) is 1.